The molecule has 0 unspecified atom stereocenters. The van der Waals surface area contributed by atoms with E-state index in [1.165, 1.54) is 23.0 Å². The van der Waals surface area contributed by atoms with Crippen LogP contribution >= 0.6 is 0 Å². The van der Waals surface area contributed by atoms with Crippen LogP contribution in [0, 0.1) is 27.7 Å². The van der Waals surface area contributed by atoms with Crippen molar-refractivity contribution >= 4 is 17.2 Å². The van der Waals surface area contributed by atoms with Gasteiger partial charge in [0.25, 0.3) is 0 Å². The highest BCUT2D eigenvalue weighted by atomic mass is 16.5. The van der Waals surface area contributed by atoms with Crippen molar-refractivity contribution in [2.24, 2.45) is 0 Å². The van der Waals surface area contributed by atoms with Gasteiger partial charge in [-0.3, -0.25) is 0 Å². The Hall–Kier alpha value is -3.08. The van der Waals surface area contributed by atoms with Crippen LogP contribution in [-0.2, 0) is 0 Å². The van der Waals surface area contributed by atoms with E-state index in [1.807, 2.05) is 31.2 Å². The lowest BCUT2D eigenvalue weighted by atomic mass is 10.1. The summed E-state index contributed by atoms with van der Waals surface area (Å²) in [6, 6.07) is 12.0. The predicted molar refractivity (Wildman–Crippen MR) is 102 cm³/mol. The summed E-state index contributed by atoms with van der Waals surface area (Å²) in [6.07, 6.45) is 1.44. The van der Waals surface area contributed by atoms with E-state index in [1.54, 1.807) is 0 Å². The quantitative estimate of drug-likeness (QED) is 0.715. The zero-order valence-corrected chi connectivity index (χ0v) is 14.9. The lowest BCUT2D eigenvalue weighted by Crippen LogP contribution is -2.03. The average molecular weight is 334 g/mol. The van der Waals surface area contributed by atoms with Gasteiger partial charge in [0, 0.05) is 5.69 Å². The van der Waals surface area contributed by atoms with Gasteiger partial charge < -0.3 is 15.8 Å². The monoisotopic (exact) mass is 334 g/mol. The number of anilines is 3. The lowest BCUT2D eigenvalue weighted by molar-refractivity contribution is 0.464. The number of nitrogens with two attached hydrogens (primary N) is 1. The number of nitrogens with one attached hydrogen (secondary N) is 1. The molecule has 0 radical (unpaired) electrons. The minimum absolute atomic E-state index is 0.338. The molecular formula is C20H22N4O. The molecule has 25 heavy (non-hydrogen) atoms. The van der Waals surface area contributed by atoms with Crippen LogP contribution in [0.5, 0.6) is 11.6 Å². The Balaban J connectivity index is 1.86. The van der Waals surface area contributed by atoms with E-state index in [2.05, 4.69) is 48.2 Å². The molecule has 0 saturated heterocycles. The van der Waals surface area contributed by atoms with E-state index < -0.39 is 0 Å². The highest BCUT2D eigenvalue weighted by Gasteiger charge is 2.11. The first kappa shape index (κ1) is 16.8. The van der Waals surface area contributed by atoms with E-state index in [4.69, 9.17) is 10.5 Å². The maximum Gasteiger partial charge on any atom is 0.248 e. The van der Waals surface area contributed by atoms with Gasteiger partial charge in [0.2, 0.25) is 5.88 Å². The van der Waals surface area contributed by atoms with Crippen molar-refractivity contribution < 1.29 is 4.74 Å². The summed E-state index contributed by atoms with van der Waals surface area (Å²) >= 11 is 0. The normalized spacial score (nSPS) is 10.6. The Morgan fingerprint density at radius 1 is 0.840 bits per heavy atom. The highest BCUT2D eigenvalue weighted by Crippen LogP contribution is 2.31. The van der Waals surface area contributed by atoms with E-state index in [-0.39, 0.29) is 0 Å². The molecule has 1 heterocycles. The van der Waals surface area contributed by atoms with Crippen LogP contribution < -0.4 is 15.8 Å². The van der Waals surface area contributed by atoms with Crippen LogP contribution in [0.25, 0.3) is 0 Å². The number of ether oxygens (including phenoxy) is 1. The molecule has 3 aromatic rings. The van der Waals surface area contributed by atoms with Crippen molar-refractivity contribution in [3.05, 3.63) is 65.0 Å². The SMILES string of the molecule is Cc1ccc(Nc2ncnc(Oc3ccc(C)c(C)c3)c2N)cc1C. The number of nitrogens with zero attached hydrogens (tertiary/aromatic N) is 2. The van der Waals surface area contributed by atoms with Crippen molar-refractivity contribution in [2.45, 2.75) is 27.7 Å². The zero-order valence-electron chi connectivity index (χ0n) is 14.9. The Labute approximate surface area is 147 Å². The smallest absolute Gasteiger partial charge is 0.248 e. The molecule has 5 nitrogen and oxygen atoms in total. The van der Waals surface area contributed by atoms with Crippen LogP contribution in [0.3, 0.4) is 0 Å². The van der Waals surface area contributed by atoms with Crippen LogP contribution in [0.15, 0.2) is 42.7 Å². The Kier molecular flexibility index (Phi) is 4.57. The van der Waals surface area contributed by atoms with Gasteiger partial charge in [-0.2, -0.15) is 4.98 Å². The van der Waals surface area contributed by atoms with Gasteiger partial charge in [-0.25, -0.2) is 4.98 Å². The first-order chi connectivity index (χ1) is 11.9. The summed E-state index contributed by atoms with van der Waals surface area (Å²) in [4.78, 5) is 8.39. The van der Waals surface area contributed by atoms with Gasteiger partial charge in [0.1, 0.15) is 17.8 Å². The maximum atomic E-state index is 6.20. The topological polar surface area (TPSA) is 73.1 Å². The van der Waals surface area contributed by atoms with Crippen molar-refractivity contribution in [3.63, 3.8) is 0 Å². The van der Waals surface area contributed by atoms with Gasteiger partial charge in [0.15, 0.2) is 5.82 Å². The van der Waals surface area contributed by atoms with Gasteiger partial charge in [-0.1, -0.05) is 12.1 Å². The fourth-order valence-corrected chi connectivity index (χ4v) is 2.41. The van der Waals surface area contributed by atoms with Crippen molar-refractivity contribution in [2.75, 3.05) is 11.1 Å². The zero-order chi connectivity index (χ0) is 18.0. The number of hydrogen-bond donors (Lipinski definition) is 2. The number of aromatic nitrogens is 2. The first-order valence-electron chi connectivity index (χ1n) is 8.14. The third-order valence-electron chi connectivity index (χ3n) is 4.31. The second kappa shape index (κ2) is 6.81. The molecule has 0 fully saturated rings. The molecule has 0 bridgehead atoms. The second-order valence-corrected chi connectivity index (χ2v) is 6.21. The minimum atomic E-state index is 0.338. The fraction of sp³-hybridized carbons (Fsp3) is 0.200. The number of benzene rings is 2. The van der Waals surface area contributed by atoms with Crippen molar-refractivity contribution in [3.8, 4) is 11.6 Å². The highest BCUT2D eigenvalue weighted by molar-refractivity contribution is 5.72. The summed E-state index contributed by atoms with van der Waals surface area (Å²) < 4.78 is 5.85. The van der Waals surface area contributed by atoms with Crippen molar-refractivity contribution in [1.29, 1.82) is 0 Å². The van der Waals surface area contributed by atoms with Crippen LogP contribution in [-0.4, -0.2) is 9.97 Å². The second-order valence-electron chi connectivity index (χ2n) is 6.21. The van der Waals surface area contributed by atoms with E-state index in [9.17, 15) is 0 Å². The number of nitrogen functional groups attached to an aromatic ring is 1. The standard InChI is InChI=1S/C20H22N4O/c1-12-5-7-16(9-14(12)3)24-19-18(21)20(23-11-22-19)25-17-8-6-13(2)15(4)10-17/h5-11H,21H2,1-4H3,(H,22,23,24). The molecule has 1 aromatic heterocycles. The summed E-state index contributed by atoms with van der Waals surface area (Å²) in [5.41, 5.74) is 12.3. The molecule has 0 aliphatic carbocycles. The lowest BCUT2D eigenvalue weighted by Gasteiger charge is -2.13. The summed E-state index contributed by atoms with van der Waals surface area (Å²) in [6.45, 7) is 8.24. The molecule has 0 saturated carbocycles. The molecule has 0 atom stereocenters. The number of aryl methyl sites for hydroxylation is 4. The molecule has 3 N–H and O–H groups in total. The predicted octanol–water partition coefficient (Wildman–Crippen LogP) is 4.83. The molecule has 0 aliphatic heterocycles. The van der Waals surface area contributed by atoms with Gasteiger partial charge in [-0.15, -0.1) is 0 Å². The largest absolute Gasteiger partial charge is 0.437 e. The maximum absolute atomic E-state index is 6.20. The van der Waals surface area contributed by atoms with Gasteiger partial charge in [0.05, 0.1) is 0 Å². The molecule has 2 aromatic carbocycles. The molecule has 128 valence electrons. The van der Waals surface area contributed by atoms with Crippen LogP contribution in [0.2, 0.25) is 0 Å². The van der Waals surface area contributed by atoms with E-state index in [0.717, 1.165) is 11.3 Å². The average Bonchev–Trinajstić information content (AvgIpc) is 2.58. The summed E-state index contributed by atoms with van der Waals surface area (Å²) in [5, 5.41) is 3.23. The van der Waals surface area contributed by atoms with Gasteiger partial charge in [-0.05, 0) is 74.2 Å². The Morgan fingerprint density at radius 3 is 2.20 bits per heavy atom. The summed E-state index contributed by atoms with van der Waals surface area (Å²) in [5.74, 6) is 1.56. The summed E-state index contributed by atoms with van der Waals surface area (Å²) in [7, 11) is 0. The molecule has 0 aliphatic rings. The van der Waals surface area contributed by atoms with Gasteiger partial charge >= 0.3 is 0 Å². The minimum Gasteiger partial charge on any atom is -0.437 e. The molecule has 3 rings (SSSR count). The van der Waals surface area contributed by atoms with Crippen LogP contribution in [0.4, 0.5) is 17.2 Å². The molecule has 5 heteroatoms. The Bertz CT molecular complexity index is 850. The number of rotatable bonds is 4. The fourth-order valence-electron chi connectivity index (χ4n) is 2.41. The Morgan fingerprint density at radius 2 is 1.52 bits per heavy atom. The molecule has 0 spiro atoms. The number of hydrogen-bond acceptors (Lipinski definition) is 5. The third kappa shape index (κ3) is 3.71. The molecular weight excluding hydrogens is 312 g/mol. The van der Waals surface area contributed by atoms with E-state index in [0.29, 0.717) is 23.1 Å². The van der Waals surface area contributed by atoms with Crippen LogP contribution in [0.1, 0.15) is 22.3 Å². The third-order valence-corrected chi connectivity index (χ3v) is 4.31. The van der Waals surface area contributed by atoms with E-state index >= 15 is 0 Å². The first-order valence-corrected chi connectivity index (χ1v) is 8.14. The molecule has 0 amide bonds. The van der Waals surface area contributed by atoms with Crippen molar-refractivity contribution in [1.82, 2.24) is 9.97 Å².